The summed E-state index contributed by atoms with van der Waals surface area (Å²) >= 11 is 0. The van der Waals surface area contributed by atoms with Gasteiger partial charge in [0.1, 0.15) is 140 Å². The number of hydrogen-bond donors (Lipinski definition) is 19. The van der Waals surface area contributed by atoms with Crippen molar-refractivity contribution >= 4 is 5.97 Å². The molecule has 0 spiro atoms. The van der Waals surface area contributed by atoms with E-state index >= 15 is 4.79 Å². The molecule has 11 rings (SSSR count). The lowest BCUT2D eigenvalue weighted by atomic mass is 9.33. The zero-order chi connectivity index (χ0) is 71.6. The lowest BCUT2D eigenvalue weighted by molar-refractivity contribution is -0.377. The molecule has 98 heavy (non-hydrogen) atoms. The second-order valence-electron chi connectivity index (χ2n) is 31.9. The van der Waals surface area contributed by atoms with Crippen molar-refractivity contribution in [2.75, 3.05) is 33.0 Å². The highest BCUT2D eigenvalue weighted by atomic mass is 16.8. The Bertz CT molecular complexity index is 2740. The second kappa shape index (κ2) is 29.1. The summed E-state index contributed by atoms with van der Waals surface area (Å²) in [7, 11) is 0. The van der Waals surface area contributed by atoms with Crippen LogP contribution in [-0.4, -0.2) is 326 Å². The average Bonchev–Trinajstić information content (AvgIpc) is 0.675. The van der Waals surface area contributed by atoms with Crippen LogP contribution in [0.2, 0.25) is 0 Å². The van der Waals surface area contributed by atoms with Gasteiger partial charge in [0.25, 0.3) is 0 Å². The molecule has 4 saturated carbocycles. The number of hydrogen-bond acceptors (Lipinski definition) is 32. The van der Waals surface area contributed by atoms with Crippen molar-refractivity contribution < 1.29 is 159 Å². The van der Waals surface area contributed by atoms with Gasteiger partial charge in [0, 0.05) is 0 Å². The molecule has 0 aromatic carbocycles. The van der Waals surface area contributed by atoms with Crippen LogP contribution in [0.1, 0.15) is 120 Å². The molecule has 5 aliphatic carbocycles. The zero-order valence-corrected chi connectivity index (χ0v) is 56.6. The summed E-state index contributed by atoms with van der Waals surface area (Å²) in [4.78, 5) is 15.3. The molecule has 564 valence electrons. The van der Waals surface area contributed by atoms with Crippen molar-refractivity contribution in [3.63, 3.8) is 0 Å². The number of fused-ring (bicyclic) bond motifs is 7. The monoisotopic (exact) mass is 1410 g/mol. The van der Waals surface area contributed by atoms with E-state index in [9.17, 15) is 97.0 Å². The fourth-order valence-corrected chi connectivity index (χ4v) is 19.4. The van der Waals surface area contributed by atoms with Crippen LogP contribution in [0.3, 0.4) is 0 Å². The molecule has 0 aromatic heterocycles. The smallest absolute Gasteiger partial charge is 0.315 e. The van der Waals surface area contributed by atoms with Gasteiger partial charge in [-0.1, -0.05) is 60.1 Å². The summed E-state index contributed by atoms with van der Waals surface area (Å²) in [6.07, 6.45) is -42.6. The Kier molecular flexibility index (Phi) is 22.9. The van der Waals surface area contributed by atoms with Gasteiger partial charge in [-0.05, 0) is 116 Å². The standard InChI is InChI=1S/C66H108O32/c1-25-51(95-56-45(80)40(75)36(71)28(20-67)89-56)43(78)49(84)55(88-25)96-52-31(23-70)92-54(48(83)44(52)79)87-24-32-38(73)42(77)47(82)58(93-32)98-60(86)66-17-15-61(2,3)19-27(66)26-9-10-34-63(6)13-12-35(62(4,5)33(63)11-14-65(34,8)64(26,7)16-18-66)94-59-50(85)53(39(74)30(22-69)91-59)97-57-46(81)41(76)37(72)29(21-68)90-57/h9,25,27-59,67-85H,10-24H2,1-8H3. The van der Waals surface area contributed by atoms with Crippen molar-refractivity contribution in [2.24, 2.45) is 50.2 Å². The fraction of sp³-hybridized carbons (Fsp3) is 0.955. The number of aliphatic hydroxyl groups excluding tert-OH is 19. The maximum Gasteiger partial charge on any atom is 0.315 e. The van der Waals surface area contributed by atoms with Crippen LogP contribution in [0, 0.1) is 50.2 Å². The number of ether oxygens (including phenoxy) is 12. The van der Waals surface area contributed by atoms with E-state index in [1.807, 2.05) is 0 Å². The van der Waals surface area contributed by atoms with Crippen LogP contribution in [0.5, 0.6) is 0 Å². The van der Waals surface area contributed by atoms with Crippen molar-refractivity contribution in [1.82, 2.24) is 0 Å². The summed E-state index contributed by atoms with van der Waals surface area (Å²) < 4.78 is 70.8. The molecule has 10 fully saturated rings. The number of allylic oxidation sites excluding steroid dienone is 2. The van der Waals surface area contributed by atoms with Gasteiger partial charge in [-0.15, -0.1) is 0 Å². The molecule has 0 amide bonds. The summed E-state index contributed by atoms with van der Waals surface area (Å²) in [5, 5.41) is 205. The predicted octanol–water partition coefficient (Wildman–Crippen LogP) is -5.36. The molecule has 11 aliphatic rings. The summed E-state index contributed by atoms with van der Waals surface area (Å²) in [5.74, 6) is -0.720. The Hall–Kier alpha value is -1.99. The first-order valence-corrected chi connectivity index (χ1v) is 34.7. The van der Waals surface area contributed by atoms with E-state index in [4.69, 9.17) is 56.8 Å². The number of carbonyl (C=O) groups is 1. The first kappa shape index (κ1) is 77.1. The van der Waals surface area contributed by atoms with E-state index < -0.39 is 246 Å². The molecule has 19 N–H and O–H groups in total. The molecule has 38 atom stereocenters. The number of esters is 1. The maximum atomic E-state index is 15.3. The van der Waals surface area contributed by atoms with Gasteiger partial charge in [-0.3, -0.25) is 4.79 Å². The van der Waals surface area contributed by atoms with Gasteiger partial charge < -0.3 is 154 Å². The second-order valence-corrected chi connectivity index (χ2v) is 31.9. The summed E-state index contributed by atoms with van der Waals surface area (Å²) in [6.45, 7) is 13.3. The Balaban J connectivity index is 0.737. The third-order valence-electron chi connectivity index (χ3n) is 25.6. The Labute approximate surface area is 567 Å². The van der Waals surface area contributed by atoms with Crippen LogP contribution in [0.4, 0.5) is 0 Å². The van der Waals surface area contributed by atoms with Gasteiger partial charge in [0.2, 0.25) is 6.29 Å². The Morgan fingerprint density at radius 3 is 1.51 bits per heavy atom. The van der Waals surface area contributed by atoms with Crippen molar-refractivity contribution in [2.45, 2.75) is 310 Å². The van der Waals surface area contributed by atoms with Gasteiger partial charge in [0.15, 0.2) is 31.5 Å². The van der Waals surface area contributed by atoms with Crippen LogP contribution >= 0.6 is 0 Å². The highest BCUT2D eigenvalue weighted by Gasteiger charge is 2.71. The maximum absolute atomic E-state index is 15.3. The third kappa shape index (κ3) is 13.2. The summed E-state index contributed by atoms with van der Waals surface area (Å²) in [5.41, 5.74) is -1.61. The fourth-order valence-electron chi connectivity index (χ4n) is 19.4. The largest absolute Gasteiger partial charge is 0.432 e. The summed E-state index contributed by atoms with van der Waals surface area (Å²) in [6, 6.07) is 0. The zero-order valence-electron chi connectivity index (χ0n) is 56.6. The molecule has 38 unspecified atom stereocenters. The van der Waals surface area contributed by atoms with E-state index in [0.717, 1.165) is 19.3 Å². The molecule has 6 saturated heterocycles. The first-order chi connectivity index (χ1) is 46.0. The minimum absolute atomic E-state index is 0.0802. The lowest BCUT2D eigenvalue weighted by Crippen LogP contribution is -2.67. The molecule has 0 aromatic rings. The lowest BCUT2D eigenvalue weighted by Gasteiger charge is -2.71. The number of carbonyl (C=O) groups excluding carboxylic acids is 1. The van der Waals surface area contributed by atoms with E-state index in [-0.39, 0.29) is 34.0 Å². The highest BCUT2D eigenvalue weighted by molar-refractivity contribution is 5.79. The van der Waals surface area contributed by atoms with Gasteiger partial charge in [0.05, 0.1) is 50.7 Å². The van der Waals surface area contributed by atoms with Crippen LogP contribution < -0.4 is 0 Å². The molecule has 32 nitrogen and oxygen atoms in total. The Morgan fingerprint density at radius 2 is 0.918 bits per heavy atom. The van der Waals surface area contributed by atoms with E-state index in [0.29, 0.717) is 44.9 Å². The average molecular weight is 1410 g/mol. The van der Waals surface area contributed by atoms with Gasteiger partial charge >= 0.3 is 5.97 Å². The number of rotatable bonds is 17. The Morgan fingerprint density at radius 1 is 0.449 bits per heavy atom. The molecular formula is C66H108O32. The van der Waals surface area contributed by atoms with Crippen molar-refractivity contribution in [3.8, 4) is 0 Å². The molecule has 0 bridgehead atoms. The highest BCUT2D eigenvalue weighted by Crippen LogP contribution is 2.76. The molecule has 32 heteroatoms. The van der Waals surface area contributed by atoms with E-state index in [1.165, 1.54) is 12.5 Å². The van der Waals surface area contributed by atoms with Gasteiger partial charge in [-0.25, -0.2) is 0 Å². The van der Waals surface area contributed by atoms with E-state index in [1.54, 1.807) is 0 Å². The number of aliphatic hydroxyl groups is 19. The van der Waals surface area contributed by atoms with Crippen LogP contribution in [0.25, 0.3) is 0 Å². The molecule has 0 radical (unpaired) electrons. The topological polar surface area (TPSA) is 512 Å². The predicted molar refractivity (Wildman–Crippen MR) is 327 cm³/mol. The third-order valence-corrected chi connectivity index (χ3v) is 25.6. The molecule has 6 aliphatic heterocycles. The molecular weight excluding hydrogens is 1300 g/mol. The van der Waals surface area contributed by atoms with E-state index in [2.05, 4.69) is 54.5 Å². The minimum Gasteiger partial charge on any atom is -0.432 e. The minimum atomic E-state index is -1.98. The van der Waals surface area contributed by atoms with Crippen molar-refractivity contribution in [3.05, 3.63) is 11.6 Å². The molecule has 6 heterocycles. The quantitative estimate of drug-likeness (QED) is 0.0367. The van der Waals surface area contributed by atoms with Gasteiger partial charge in [-0.2, -0.15) is 0 Å². The SMILES string of the molecule is CC1OC(OC2C(CO)OC(OCC3OC(OC(=O)C45CCC(C)(C)CC4C4=CCC6C7(C)CCC(OC8OC(CO)C(O)C(OC9OC(CO)C(O)C(O)C9O)C8O)C(C)(C)C7CCC6(C)C4(C)CC5)C(O)C(O)C3O)C(O)C2O)C(O)C(O)C1OC1OC(CO)C(O)C(O)C1O. The van der Waals surface area contributed by atoms with Crippen molar-refractivity contribution in [1.29, 1.82) is 0 Å². The van der Waals surface area contributed by atoms with Crippen LogP contribution in [-0.2, 0) is 61.6 Å². The first-order valence-electron chi connectivity index (χ1n) is 34.7. The normalized spacial score (nSPS) is 54.1. The van der Waals surface area contributed by atoms with Crippen LogP contribution in [0.15, 0.2) is 11.6 Å².